The maximum atomic E-state index is 4.52. The molecular formula is C13H21N3. The predicted molar refractivity (Wildman–Crippen MR) is 65.4 cm³/mol. The highest BCUT2D eigenvalue weighted by molar-refractivity contribution is 5.08. The molecule has 1 aliphatic rings. The van der Waals surface area contributed by atoms with Gasteiger partial charge in [-0.1, -0.05) is 0 Å². The van der Waals surface area contributed by atoms with E-state index in [0.29, 0.717) is 0 Å². The monoisotopic (exact) mass is 219 g/mol. The Hall–Kier alpha value is -0.960. The van der Waals surface area contributed by atoms with E-state index in [0.717, 1.165) is 29.6 Å². The number of likely N-dealkylation sites (tertiary alicyclic amines) is 1. The smallest absolute Gasteiger partial charge is 0.129 e. The van der Waals surface area contributed by atoms with Crippen LogP contribution in [0.1, 0.15) is 30.1 Å². The molecule has 0 aromatic carbocycles. The summed E-state index contributed by atoms with van der Waals surface area (Å²) in [6.07, 6.45) is 3.67. The minimum absolute atomic E-state index is 0.736. The third kappa shape index (κ3) is 3.01. The van der Waals surface area contributed by atoms with E-state index in [1.54, 1.807) is 0 Å². The fourth-order valence-electron chi connectivity index (χ4n) is 2.59. The van der Waals surface area contributed by atoms with Crippen molar-refractivity contribution in [3.63, 3.8) is 0 Å². The van der Waals surface area contributed by atoms with Gasteiger partial charge in [0.1, 0.15) is 5.82 Å². The molecule has 1 saturated heterocycles. The lowest BCUT2D eigenvalue weighted by Gasteiger charge is -2.29. The Bertz CT molecular complexity index is 342. The summed E-state index contributed by atoms with van der Waals surface area (Å²) in [6.45, 7) is 6.52. The second-order valence-electron chi connectivity index (χ2n) is 5.04. The van der Waals surface area contributed by atoms with Crippen LogP contribution in [-0.2, 0) is 6.42 Å². The van der Waals surface area contributed by atoms with Gasteiger partial charge in [0, 0.05) is 24.4 Å². The van der Waals surface area contributed by atoms with Gasteiger partial charge >= 0.3 is 0 Å². The molecule has 1 fully saturated rings. The Morgan fingerprint density at radius 3 is 2.62 bits per heavy atom. The molecule has 0 bridgehead atoms. The second kappa shape index (κ2) is 4.91. The van der Waals surface area contributed by atoms with Gasteiger partial charge in [-0.25, -0.2) is 9.97 Å². The third-order valence-electron chi connectivity index (χ3n) is 3.22. The largest absolute Gasteiger partial charge is 0.306 e. The summed E-state index contributed by atoms with van der Waals surface area (Å²) in [7, 11) is 2.20. The van der Waals surface area contributed by atoms with E-state index >= 15 is 0 Å². The van der Waals surface area contributed by atoms with Crippen molar-refractivity contribution in [2.45, 2.75) is 33.1 Å². The first-order valence-corrected chi connectivity index (χ1v) is 6.13. The number of hydrogen-bond donors (Lipinski definition) is 0. The van der Waals surface area contributed by atoms with E-state index in [2.05, 4.69) is 21.9 Å². The van der Waals surface area contributed by atoms with Gasteiger partial charge in [0.05, 0.1) is 0 Å². The highest BCUT2D eigenvalue weighted by Gasteiger charge is 2.18. The first-order valence-electron chi connectivity index (χ1n) is 6.13. The molecule has 1 aromatic rings. The molecule has 3 nitrogen and oxygen atoms in total. The fraction of sp³-hybridized carbons (Fsp3) is 0.692. The molecule has 0 unspecified atom stereocenters. The average Bonchev–Trinajstić information content (AvgIpc) is 2.15. The van der Waals surface area contributed by atoms with Crippen LogP contribution in [0.5, 0.6) is 0 Å². The topological polar surface area (TPSA) is 29.0 Å². The fourth-order valence-corrected chi connectivity index (χ4v) is 2.59. The Kier molecular flexibility index (Phi) is 3.54. The van der Waals surface area contributed by atoms with Crippen LogP contribution in [0.2, 0.25) is 0 Å². The van der Waals surface area contributed by atoms with Crippen LogP contribution in [0.15, 0.2) is 6.07 Å². The van der Waals surface area contributed by atoms with Gasteiger partial charge in [-0.3, -0.25) is 0 Å². The number of hydrogen-bond acceptors (Lipinski definition) is 3. The predicted octanol–water partition coefficient (Wildman–Crippen LogP) is 1.98. The van der Waals surface area contributed by atoms with Crippen molar-refractivity contribution in [3.05, 3.63) is 23.3 Å². The van der Waals surface area contributed by atoms with Gasteiger partial charge in [-0.15, -0.1) is 0 Å². The molecule has 0 radical (unpaired) electrons. The molecule has 2 heterocycles. The van der Waals surface area contributed by atoms with Crippen LogP contribution in [0, 0.1) is 19.8 Å². The number of aryl methyl sites for hydroxylation is 2. The first-order chi connectivity index (χ1) is 7.63. The summed E-state index contributed by atoms with van der Waals surface area (Å²) >= 11 is 0. The maximum absolute atomic E-state index is 4.52. The maximum Gasteiger partial charge on any atom is 0.129 e. The molecule has 16 heavy (non-hydrogen) atoms. The van der Waals surface area contributed by atoms with Gasteiger partial charge in [0.2, 0.25) is 0 Å². The molecule has 0 spiro atoms. The van der Waals surface area contributed by atoms with Gasteiger partial charge in [0.25, 0.3) is 0 Å². The minimum Gasteiger partial charge on any atom is -0.306 e. The van der Waals surface area contributed by atoms with Gasteiger partial charge in [-0.2, -0.15) is 0 Å². The van der Waals surface area contributed by atoms with E-state index in [1.165, 1.54) is 25.9 Å². The van der Waals surface area contributed by atoms with Crippen LogP contribution in [0.3, 0.4) is 0 Å². The molecule has 2 rings (SSSR count). The van der Waals surface area contributed by atoms with E-state index in [1.807, 2.05) is 19.9 Å². The van der Waals surface area contributed by atoms with Crippen molar-refractivity contribution in [2.24, 2.45) is 5.92 Å². The van der Waals surface area contributed by atoms with Crippen molar-refractivity contribution in [3.8, 4) is 0 Å². The normalized spacial score (nSPS) is 22.3. The summed E-state index contributed by atoms with van der Waals surface area (Å²) in [5.74, 6) is 1.76. The average molecular weight is 219 g/mol. The summed E-state index contributed by atoms with van der Waals surface area (Å²) in [4.78, 5) is 11.5. The second-order valence-corrected chi connectivity index (χ2v) is 5.04. The van der Waals surface area contributed by atoms with Gasteiger partial charge < -0.3 is 4.90 Å². The van der Waals surface area contributed by atoms with Crippen LogP contribution < -0.4 is 0 Å². The van der Waals surface area contributed by atoms with Crippen molar-refractivity contribution in [1.82, 2.24) is 14.9 Å². The Labute approximate surface area is 97.9 Å². The van der Waals surface area contributed by atoms with E-state index < -0.39 is 0 Å². The molecule has 0 amide bonds. The van der Waals surface area contributed by atoms with E-state index in [9.17, 15) is 0 Å². The SMILES string of the molecule is Cc1cc(C)nc(C[C@H]2CCCN(C)C2)n1. The zero-order valence-corrected chi connectivity index (χ0v) is 10.5. The van der Waals surface area contributed by atoms with E-state index in [4.69, 9.17) is 0 Å². The van der Waals surface area contributed by atoms with Gasteiger partial charge in [-0.05, 0) is 52.3 Å². The molecule has 88 valence electrons. The van der Waals surface area contributed by atoms with Crippen molar-refractivity contribution < 1.29 is 0 Å². The molecule has 0 aliphatic carbocycles. The quantitative estimate of drug-likeness (QED) is 0.761. The zero-order valence-electron chi connectivity index (χ0n) is 10.5. The van der Waals surface area contributed by atoms with Crippen LogP contribution >= 0.6 is 0 Å². The Morgan fingerprint density at radius 1 is 1.31 bits per heavy atom. The summed E-state index contributed by atoms with van der Waals surface area (Å²) in [5.41, 5.74) is 2.18. The number of aromatic nitrogens is 2. The van der Waals surface area contributed by atoms with Crippen molar-refractivity contribution in [2.75, 3.05) is 20.1 Å². The Balaban J connectivity index is 2.02. The molecule has 0 saturated carbocycles. The summed E-state index contributed by atoms with van der Waals surface area (Å²) in [5, 5.41) is 0. The molecular weight excluding hydrogens is 198 g/mol. The lowest BCUT2D eigenvalue weighted by atomic mass is 9.95. The Morgan fingerprint density at radius 2 is 2.00 bits per heavy atom. The number of piperidine rings is 1. The van der Waals surface area contributed by atoms with Crippen LogP contribution in [-0.4, -0.2) is 35.0 Å². The molecule has 1 aromatic heterocycles. The lowest BCUT2D eigenvalue weighted by molar-refractivity contribution is 0.207. The summed E-state index contributed by atoms with van der Waals surface area (Å²) < 4.78 is 0. The molecule has 1 atom stereocenters. The van der Waals surface area contributed by atoms with Crippen LogP contribution in [0.4, 0.5) is 0 Å². The van der Waals surface area contributed by atoms with Crippen LogP contribution in [0.25, 0.3) is 0 Å². The first kappa shape index (κ1) is 11.5. The molecule has 1 aliphatic heterocycles. The zero-order chi connectivity index (χ0) is 11.5. The minimum atomic E-state index is 0.736. The molecule has 0 N–H and O–H groups in total. The lowest BCUT2D eigenvalue weighted by Crippen LogP contribution is -2.33. The summed E-state index contributed by atoms with van der Waals surface area (Å²) in [6, 6.07) is 2.04. The van der Waals surface area contributed by atoms with Crippen molar-refractivity contribution >= 4 is 0 Å². The standard InChI is InChI=1S/C13H21N3/c1-10-7-11(2)15-13(14-10)8-12-5-4-6-16(3)9-12/h7,12H,4-6,8-9H2,1-3H3/t12-/m1/s1. The third-order valence-corrected chi connectivity index (χ3v) is 3.22. The molecule has 3 heteroatoms. The van der Waals surface area contributed by atoms with E-state index in [-0.39, 0.29) is 0 Å². The van der Waals surface area contributed by atoms with Gasteiger partial charge in [0.15, 0.2) is 0 Å². The number of rotatable bonds is 2. The van der Waals surface area contributed by atoms with Crippen molar-refractivity contribution in [1.29, 1.82) is 0 Å². The highest BCUT2D eigenvalue weighted by atomic mass is 15.1. The number of nitrogens with zero attached hydrogens (tertiary/aromatic N) is 3. The highest BCUT2D eigenvalue weighted by Crippen LogP contribution is 2.18.